The molecule has 1 fully saturated rings. The maximum absolute atomic E-state index is 13.1. The highest BCUT2D eigenvalue weighted by Crippen LogP contribution is 2.35. The Hall–Kier alpha value is -2.96. The number of carbonyl (C=O) groups is 1. The van der Waals surface area contributed by atoms with Gasteiger partial charge in [-0.05, 0) is 36.1 Å². The van der Waals surface area contributed by atoms with Crippen LogP contribution in [-0.2, 0) is 0 Å². The molecule has 4 rings (SSSR count). The summed E-state index contributed by atoms with van der Waals surface area (Å²) in [6.45, 7) is 4.85. The molecule has 0 aliphatic carbocycles. The maximum Gasteiger partial charge on any atom is 0.273 e. The van der Waals surface area contributed by atoms with Crippen LogP contribution in [0, 0.1) is 0 Å². The molecule has 1 atom stereocenters. The average Bonchev–Trinajstić information content (AvgIpc) is 3.08. The molecule has 134 valence electrons. The molecule has 1 aliphatic heterocycles. The third kappa shape index (κ3) is 2.69. The van der Waals surface area contributed by atoms with E-state index in [-0.39, 0.29) is 17.9 Å². The van der Waals surface area contributed by atoms with Gasteiger partial charge in [0.2, 0.25) is 0 Å². The minimum Gasteiger partial charge on any atom is -0.497 e. The van der Waals surface area contributed by atoms with Crippen LogP contribution in [0.15, 0.2) is 36.7 Å². The normalized spacial score (nSPS) is 16.8. The van der Waals surface area contributed by atoms with E-state index >= 15 is 0 Å². The van der Waals surface area contributed by atoms with Crippen molar-refractivity contribution < 1.29 is 9.53 Å². The number of likely N-dealkylation sites (tertiary alicyclic amines) is 1. The lowest BCUT2D eigenvalue weighted by Gasteiger charge is -2.41. The van der Waals surface area contributed by atoms with E-state index in [2.05, 4.69) is 28.9 Å². The van der Waals surface area contributed by atoms with Gasteiger partial charge in [0.15, 0.2) is 0 Å². The summed E-state index contributed by atoms with van der Waals surface area (Å²) in [6.07, 6.45) is 2.40. The molecule has 2 aromatic heterocycles. The molecule has 1 saturated heterocycles. The van der Waals surface area contributed by atoms with Crippen molar-refractivity contribution in [2.24, 2.45) is 0 Å². The Kier molecular flexibility index (Phi) is 4.06. The number of ether oxygens (including phenoxy) is 1. The summed E-state index contributed by atoms with van der Waals surface area (Å²) in [7, 11) is 1.65. The molecule has 0 saturated carbocycles. The lowest BCUT2D eigenvalue weighted by molar-refractivity contribution is 0.0453. The van der Waals surface area contributed by atoms with Gasteiger partial charge in [-0.25, -0.2) is 9.50 Å². The summed E-state index contributed by atoms with van der Waals surface area (Å²) in [5, 5.41) is 4.21. The van der Waals surface area contributed by atoms with Crippen molar-refractivity contribution in [1.82, 2.24) is 24.5 Å². The Labute approximate surface area is 151 Å². The van der Waals surface area contributed by atoms with Gasteiger partial charge >= 0.3 is 0 Å². The summed E-state index contributed by atoms with van der Waals surface area (Å²) in [4.78, 5) is 23.5. The van der Waals surface area contributed by atoms with E-state index in [9.17, 15) is 4.79 Å². The molecule has 7 heteroatoms. The predicted octanol–water partition coefficient (Wildman–Crippen LogP) is 2.84. The Morgan fingerprint density at radius 3 is 2.85 bits per heavy atom. The second-order valence-corrected chi connectivity index (χ2v) is 6.77. The highest BCUT2D eigenvalue weighted by Gasteiger charge is 2.35. The van der Waals surface area contributed by atoms with Crippen LogP contribution in [0.25, 0.3) is 5.78 Å². The second-order valence-electron chi connectivity index (χ2n) is 6.77. The van der Waals surface area contributed by atoms with E-state index in [0.29, 0.717) is 11.5 Å². The van der Waals surface area contributed by atoms with Gasteiger partial charge in [0.1, 0.15) is 17.8 Å². The van der Waals surface area contributed by atoms with E-state index in [1.54, 1.807) is 11.6 Å². The SMILES string of the molecule is COc1cccc([C@@H]2CCN2C(=O)c2cc(C(C)C)n3ncnc3n2)c1. The fraction of sp³-hybridized carbons (Fsp3) is 0.368. The van der Waals surface area contributed by atoms with Crippen LogP contribution >= 0.6 is 0 Å². The summed E-state index contributed by atoms with van der Waals surface area (Å²) < 4.78 is 6.99. The minimum atomic E-state index is -0.0727. The van der Waals surface area contributed by atoms with Crippen LogP contribution in [0.3, 0.4) is 0 Å². The third-order valence-corrected chi connectivity index (χ3v) is 4.85. The minimum absolute atomic E-state index is 0.0518. The molecular formula is C19H21N5O2. The first kappa shape index (κ1) is 16.5. The van der Waals surface area contributed by atoms with Crippen LogP contribution in [0.4, 0.5) is 0 Å². The number of hydrogen-bond acceptors (Lipinski definition) is 5. The monoisotopic (exact) mass is 351 g/mol. The van der Waals surface area contributed by atoms with Crippen molar-refractivity contribution in [3.05, 3.63) is 53.6 Å². The zero-order valence-electron chi connectivity index (χ0n) is 15.1. The molecule has 0 N–H and O–H groups in total. The predicted molar refractivity (Wildman–Crippen MR) is 96.3 cm³/mol. The van der Waals surface area contributed by atoms with Crippen LogP contribution in [0.1, 0.15) is 54.0 Å². The highest BCUT2D eigenvalue weighted by molar-refractivity contribution is 5.93. The standard InChI is InChI=1S/C19H21N5O2/c1-12(2)17-10-15(22-19-20-11-21-24(17)19)18(25)23-8-7-16(23)13-5-4-6-14(9-13)26-3/h4-6,9-12,16H,7-8H2,1-3H3/t16-/m0/s1. The van der Waals surface area contributed by atoms with E-state index in [1.807, 2.05) is 35.2 Å². The van der Waals surface area contributed by atoms with Gasteiger partial charge in [-0.2, -0.15) is 10.1 Å². The highest BCUT2D eigenvalue weighted by atomic mass is 16.5. The average molecular weight is 351 g/mol. The van der Waals surface area contributed by atoms with Gasteiger partial charge in [-0.1, -0.05) is 26.0 Å². The topological polar surface area (TPSA) is 72.6 Å². The summed E-state index contributed by atoms with van der Waals surface area (Å²) in [6, 6.07) is 9.75. The smallest absolute Gasteiger partial charge is 0.273 e. The van der Waals surface area contributed by atoms with E-state index in [1.165, 1.54) is 6.33 Å². The van der Waals surface area contributed by atoms with Gasteiger partial charge in [-0.3, -0.25) is 4.79 Å². The molecule has 0 unspecified atom stereocenters. The zero-order valence-corrected chi connectivity index (χ0v) is 15.1. The number of benzene rings is 1. The molecule has 1 amide bonds. The van der Waals surface area contributed by atoms with Crippen LogP contribution in [-0.4, -0.2) is 44.0 Å². The summed E-state index contributed by atoms with van der Waals surface area (Å²) >= 11 is 0. The molecule has 0 bridgehead atoms. The number of amides is 1. The molecule has 0 radical (unpaired) electrons. The van der Waals surface area contributed by atoms with Crippen molar-refractivity contribution in [3.63, 3.8) is 0 Å². The number of nitrogens with zero attached hydrogens (tertiary/aromatic N) is 5. The van der Waals surface area contributed by atoms with E-state index in [0.717, 1.165) is 30.0 Å². The number of rotatable bonds is 4. The van der Waals surface area contributed by atoms with Crippen molar-refractivity contribution in [1.29, 1.82) is 0 Å². The zero-order chi connectivity index (χ0) is 18.3. The van der Waals surface area contributed by atoms with E-state index < -0.39 is 0 Å². The second kappa shape index (κ2) is 6.40. The van der Waals surface area contributed by atoms with Gasteiger partial charge in [-0.15, -0.1) is 0 Å². The lowest BCUT2D eigenvalue weighted by Crippen LogP contribution is -2.45. The van der Waals surface area contributed by atoms with Gasteiger partial charge in [0, 0.05) is 6.54 Å². The molecule has 3 aromatic rings. The molecule has 26 heavy (non-hydrogen) atoms. The lowest BCUT2D eigenvalue weighted by atomic mass is 9.94. The fourth-order valence-corrected chi connectivity index (χ4v) is 3.33. The number of fused-ring (bicyclic) bond motifs is 1. The number of hydrogen-bond donors (Lipinski definition) is 0. The number of methoxy groups -OCH3 is 1. The van der Waals surface area contributed by atoms with Crippen LogP contribution < -0.4 is 4.74 Å². The fourth-order valence-electron chi connectivity index (χ4n) is 3.33. The first-order valence-electron chi connectivity index (χ1n) is 8.74. The Morgan fingerprint density at radius 1 is 1.31 bits per heavy atom. The van der Waals surface area contributed by atoms with Crippen molar-refractivity contribution >= 4 is 11.7 Å². The van der Waals surface area contributed by atoms with Crippen molar-refractivity contribution in [3.8, 4) is 5.75 Å². The third-order valence-electron chi connectivity index (χ3n) is 4.85. The first-order valence-corrected chi connectivity index (χ1v) is 8.74. The Balaban J connectivity index is 1.66. The molecule has 1 aliphatic rings. The molecule has 1 aromatic carbocycles. The summed E-state index contributed by atoms with van der Waals surface area (Å²) in [5.74, 6) is 1.39. The van der Waals surface area contributed by atoms with Gasteiger partial charge in [0.05, 0.1) is 18.8 Å². The largest absolute Gasteiger partial charge is 0.497 e. The van der Waals surface area contributed by atoms with Crippen molar-refractivity contribution in [2.45, 2.75) is 32.2 Å². The quantitative estimate of drug-likeness (QED) is 0.723. The maximum atomic E-state index is 13.1. The Morgan fingerprint density at radius 2 is 2.15 bits per heavy atom. The van der Waals surface area contributed by atoms with Crippen molar-refractivity contribution in [2.75, 3.05) is 13.7 Å². The van der Waals surface area contributed by atoms with Gasteiger partial charge in [0.25, 0.3) is 11.7 Å². The first-order chi connectivity index (χ1) is 12.6. The van der Waals surface area contributed by atoms with Crippen LogP contribution in [0.5, 0.6) is 5.75 Å². The number of carbonyl (C=O) groups excluding carboxylic acids is 1. The van der Waals surface area contributed by atoms with E-state index in [4.69, 9.17) is 4.74 Å². The summed E-state index contributed by atoms with van der Waals surface area (Å²) in [5.41, 5.74) is 2.42. The molecular weight excluding hydrogens is 330 g/mol. The Bertz CT molecular complexity index is 965. The molecule has 7 nitrogen and oxygen atoms in total. The van der Waals surface area contributed by atoms with Gasteiger partial charge < -0.3 is 9.64 Å². The van der Waals surface area contributed by atoms with Crippen LogP contribution in [0.2, 0.25) is 0 Å². The molecule has 0 spiro atoms. The number of aromatic nitrogens is 4. The molecule has 3 heterocycles.